The Balaban J connectivity index is 1.78. The highest BCUT2D eigenvalue weighted by molar-refractivity contribution is 9.10. The molecule has 106 valence electrons. The SMILES string of the molecule is NNC(c1sccc1Br)C1CCOC2(CCOC2)C1. The molecule has 0 bridgehead atoms. The number of ether oxygens (including phenoxy) is 2. The Labute approximate surface area is 125 Å². The highest BCUT2D eigenvalue weighted by Gasteiger charge is 2.43. The average Bonchev–Trinajstić information content (AvgIpc) is 3.02. The van der Waals surface area contributed by atoms with Gasteiger partial charge in [-0.1, -0.05) is 0 Å². The molecule has 1 aromatic heterocycles. The molecule has 3 atom stereocenters. The van der Waals surface area contributed by atoms with E-state index in [0.29, 0.717) is 5.92 Å². The van der Waals surface area contributed by atoms with Crippen LogP contribution in [0.1, 0.15) is 30.2 Å². The van der Waals surface area contributed by atoms with Crippen molar-refractivity contribution in [1.82, 2.24) is 5.43 Å². The van der Waals surface area contributed by atoms with Gasteiger partial charge in [0.2, 0.25) is 0 Å². The van der Waals surface area contributed by atoms with Crippen molar-refractivity contribution in [2.24, 2.45) is 11.8 Å². The molecule has 0 radical (unpaired) electrons. The van der Waals surface area contributed by atoms with E-state index in [0.717, 1.165) is 43.6 Å². The summed E-state index contributed by atoms with van der Waals surface area (Å²) in [6.45, 7) is 2.34. The largest absolute Gasteiger partial charge is 0.378 e. The third-order valence-electron chi connectivity index (χ3n) is 4.18. The lowest BCUT2D eigenvalue weighted by atomic mass is 9.81. The maximum Gasteiger partial charge on any atom is 0.0940 e. The molecular weight excluding hydrogens is 328 g/mol. The number of rotatable bonds is 3. The number of halogens is 1. The molecule has 2 aliphatic heterocycles. The molecule has 0 saturated carbocycles. The van der Waals surface area contributed by atoms with Gasteiger partial charge in [0.25, 0.3) is 0 Å². The molecule has 1 spiro atoms. The van der Waals surface area contributed by atoms with Gasteiger partial charge in [-0.15, -0.1) is 11.3 Å². The average molecular weight is 347 g/mol. The summed E-state index contributed by atoms with van der Waals surface area (Å²) in [5.41, 5.74) is 2.94. The smallest absolute Gasteiger partial charge is 0.0940 e. The highest BCUT2D eigenvalue weighted by Crippen LogP contribution is 2.43. The van der Waals surface area contributed by atoms with Gasteiger partial charge >= 0.3 is 0 Å². The first-order chi connectivity index (χ1) is 9.24. The molecule has 4 nitrogen and oxygen atoms in total. The van der Waals surface area contributed by atoms with Crippen LogP contribution < -0.4 is 11.3 Å². The van der Waals surface area contributed by atoms with Crippen molar-refractivity contribution >= 4 is 27.3 Å². The van der Waals surface area contributed by atoms with E-state index in [-0.39, 0.29) is 11.6 Å². The molecule has 0 aliphatic carbocycles. The maximum absolute atomic E-state index is 6.00. The molecular formula is C13H19BrN2O2S. The fourth-order valence-corrected chi connectivity index (χ4v) is 4.94. The zero-order valence-corrected chi connectivity index (χ0v) is 13.1. The molecule has 19 heavy (non-hydrogen) atoms. The molecule has 0 amide bonds. The first-order valence-corrected chi connectivity index (χ1v) is 8.32. The summed E-state index contributed by atoms with van der Waals surface area (Å²) in [4.78, 5) is 1.28. The summed E-state index contributed by atoms with van der Waals surface area (Å²) in [6.07, 6.45) is 3.07. The monoisotopic (exact) mass is 346 g/mol. The van der Waals surface area contributed by atoms with Gasteiger partial charge < -0.3 is 9.47 Å². The summed E-state index contributed by atoms with van der Waals surface area (Å²) in [5.74, 6) is 6.31. The maximum atomic E-state index is 6.00. The van der Waals surface area contributed by atoms with Crippen LogP contribution in [0.5, 0.6) is 0 Å². The summed E-state index contributed by atoms with van der Waals surface area (Å²) in [5, 5.41) is 2.09. The van der Waals surface area contributed by atoms with Crippen molar-refractivity contribution < 1.29 is 9.47 Å². The summed E-state index contributed by atoms with van der Waals surface area (Å²) in [7, 11) is 0. The summed E-state index contributed by atoms with van der Waals surface area (Å²) in [6, 6.07) is 2.27. The van der Waals surface area contributed by atoms with Crippen molar-refractivity contribution in [2.75, 3.05) is 19.8 Å². The molecule has 2 saturated heterocycles. The van der Waals surface area contributed by atoms with E-state index in [9.17, 15) is 0 Å². The van der Waals surface area contributed by atoms with Gasteiger partial charge in [0.1, 0.15) is 0 Å². The number of hydrazine groups is 1. The quantitative estimate of drug-likeness (QED) is 0.652. The van der Waals surface area contributed by atoms with Crippen molar-refractivity contribution in [1.29, 1.82) is 0 Å². The van der Waals surface area contributed by atoms with Gasteiger partial charge in [-0.3, -0.25) is 11.3 Å². The predicted octanol–water partition coefficient (Wildman–Crippen LogP) is 2.60. The van der Waals surface area contributed by atoms with Crippen molar-refractivity contribution in [3.8, 4) is 0 Å². The van der Waals surface area contributed by atoms with Gasteiger partial charge in [0.05, 0.1) is 18.2 Å². The van der Waals surface area contributed by atoms with E-state index < -0.39 is 0 Å². The Bertz CT molecular complexity index is 434. The standard InChI is InChI=1S/C13H19BrN2O2S/c14-10-2-6-19-12(10)11(16-15)9-1-4-18-13(7-9)3-5-17-8-13/h2,6,9,11,16H,1,3-5,7-8,15H2. The zero-order chi connectivity index (χ0) is 13.3. The van der Waals surface area contributed by atoms with E-state index >= 15 is 0 Å². The van der Waals surface area contributed by atoms with Crippen LogP contribution in [0.25, 0.3) is 0 Å². The van der Waals surface area contributed by atoms with Crippen LogP contribution in [-0.2, 0) is 9.47 Å². The van der Waals surface area contributed by atoms with E-state index in [1.165, 1.54) is 4.88 Å². The Morgan fingerprint density at radius 2 is 2.42 bits per heavy atom. The van der Waals surface area contributed by atoms with Crippen LogP contribution in [0.4, 0.5) is 0 Å². The van der Waals surface area contributed by atoms with Crippen molar-refractivity contribution in [3.63, 3.8) is 0 Å². The number of nitrogens with one attached hydrogen (secondary N) is 1. The fraction of sp³-hybridized carbons (Fsp3) is 0.692. The van der Waals surface area contributed by atoms with Gasteiger partial charge in [-0.05, 0) is 46.1 Å². The first-order valence-electron chi connectivity index (χ1n) is 6.65. The van der Waals surface area contributed by atoms with Crippen molar-refractivity contribution in [3.05, 3.63) is 20.8 Å². The Hall–Kier alpha value is 0.0200. The van der Waals surface area contributed by atoms with Crippen LogP contribution in [0.3, 0.4) is 0 Å². The van der Waals surface area contributed by atoms with Crippen LogP contribution in [-0.4, -0.2) is 25.4 Å². The molecule has 3 N–H and O–H groups in total. The van der Waals surface area contributed by atoms with Gasteiger partial charge in [0.15, 0.2) is 0 Å². The summed E-state index contributed by atoms with van der Waals surface area (Å²) < 4.78 is 12.7. The number of thiophene rings is 1. The first kappa shape index (κ1) is 14.0. The Kier molecular flexibility index (Phi) is 4.26. The minimum Gasteiger partial charge on any atom is -0.378 e. The summed E-state index contributed by atoms with van der Waals surface area (Å²) >= 11 is 5.35. The third kappa shape index (κ3) is 2.75. The molecule has 0 aromatic carbocycles. The number of hydrogen-bond acceptors (Lipinski definition) is 5. The molecule has 1 aromatic rings. The topological polar surface area (TPSA) is 56.5 Å². The predicted molar refractivity (Wildman–Crippen MR) is 78.9 cm³/mol. The molecule has 3 heterocycles. The van der Waals surface area contributed by atoms with E-state index in [4.69, 9.17) is 15.3 Å². The van der Waals surface area contributed by atoms with Crippen molar-refractivity contribution in [2.45, 2.75) is 30.9 Å². The number of hydrogen-bond donors (Lipinski definition) is 2. The molecule has 2 aliphatic rings. The second kappa shape index (κ2) is 5.79. The lowest BCUT2D eigenvalue weighted by Crippen LogP contribution is -2.45. The van der Waals surface area contributed by atoms with Gasteiger partial charge in [-0.2, -0.15) is 0 Å². The Morgan fingerprint density at radius 1 is 1.53 bits per heavy atom. The lowest BCUT2D eigenvalue weighted by molar-refractivity contribution is -0.103. The van der Waals surface area contributed by atoms with E-state index in [1.807, 2.05) is 0 Å². The lowest BCUT2D eigenvalue weighted by Gasteiger charge is -2.40. The second-order valence-corrected chi connectivity index (χ2v) is 7.17. The fourth-order valence-electron chi connectivity index (χ4n) is 3.17. The van der Waals surface area contributed by atoms with Crippen LogP contribution in [0.2, 0.25) is 0 Å². The minimum atomic E-state index is -0.0677. The van der Waals surface area contributed by atoms with Crippen LogP contribution in [0.15, 0.2) is 15.9 Å². The highest BCUT2D eigenvalue weighted by atomic mass is 79.9. The van der Waals surface area contributed by atoms with E-state index in [1.54, 1.807) is 11.3 Å². The van der Waals surface area contributed by atoms with Crippen LogP contribution in [0, 0.1) is 5.92 Å². The van der Waals surface area contributed by atoms with Crippen LogP contribution >= 0.6 is 27.3 Å². The van der Waals surface area contributed by atoms with Gasteiger partial charge in [-0.25, -0.2) is 0 Å². The Morgan fingerprint density at radius 3 is 3.05 bits per heavy atom. The molecule has 3 rings (SSSR count). The van der Waals surface area contributed by atoms with Gasteiger partial charge in [0, 0.05) is 29.0 Å². The normalized spacial score (nSPS) is 32.8. The zero-order valence-electron chi connectivity index (χ0n) is 10.7. The minimum absolute atomic E-state index is 0.0677. The molecule has 6 heteroatoms. The number of nitrogens with two attached hydrogens (primary N) is 1. The van der Waals surface area contributed by atoms with E-state index in [2.05, 4.69) is 32.8 Å². The molecule has 3 unspecified atom stereocenters. The second-order valence-electron chi connectivity index (χ2n) is 5.36. The third-order valence-corrected chi connectivity index (χ3v) is 6.13. The molecule has 2 fully saturated rings.